The third-order valence-electron chi connectivity index (χ3n) is 3.80. The van der Waals surface area contributed by atoms with Crippen molar-refractivity contribution in [3.8, 4) is 0 Å². The Hall–Kier alpha value is -1.16. The molecule has 0 saturated carbocycles. The maximum Gasteiger partial charge on any atom is 0.225 e. The van der Waals surface area contributed by atoms with Crippen LogP contribution in [0.4, 0.5) is 5.95 Å². The third-order valence-corrected chi connectivity index (χ3v) is 3.80. The molecule has 4 nitrogen and oxygen atoms in total. The summed E-state index contributed by atoms with van der Waals surface area (Å²) >= 11 is 0. The summed E-state index contributed by atoms with van der Waals surface area (Å²) in [4.78, 5) is 11.2. The number of anilines is 1. The van der Waals surface area contributed by atoms with Crippen LogP contribution in [0.3, 0.4) is 0 Å². The lowest BCUT2D eigenvalue weighted by molar-refractivity contribution is 0.375. The Morgan fingerprint density at radius 1 is 1.28 bits per heavy atom. The first-order valence-corrected chi connectivity index (χ1v) is 7.04. The maximum absolute atomic E-state index is 4.46. The number of nitrogens with one attached hydrogen (secondary N) is 1. The van der Waals surface area contributed by atoms with Gasteiger partial charge in [-0.25, -0.2) is 9.97 Å². The second kappa shape index (κ2) is 6.69. The molecule has 0 atom stereocenters. The van der Waals surface area contributed by atoms with Crippen LogP contribution in [-0.2, 0) is 6.42 Å². The zero-order valence-corrected chi connectivity index (χ0v) is 11.5. The highest BCUT2D eigenvalue weighted by Crippen LogP contribution is 2.22. The van der Waals surface area contributed by atoms with E-state index in [4.69, 9.17) is 0 Å². The molecule has 100 valence electrons. The van der Waals surface area contributed by atoms with Gasteiger partial charge in [0.2, 0.25) is 5.95 Å². The summed E-state index contributed by atoms with van der Waals surface area (Å²) in [5.41, 5.74) is 1.21. The average molecular weight is 248 g/mol. The topological polar surface area (TPSA) is 41.1 Å². The number of rotatable bonds is 5. The van der Waals surface area contributed by atoms with E-state index < -0.39 is 0 Å². The maximum atomic E-state index is 4.46. The van der Waals surface area contributed by atoms with Gasteiger partial charge in [0.1, 0.15) is 0 Å². The summed E-state index contributed by atoms with van der Waals surface area (Å²) in [6.45, 7) is 5.46. The molecule has 1 N–H and O–H groups in total. The van der Waals surface area contributed by atoms with Crippen LogP contribution < -0.4 is 10.2 Å². The van der Waals surface area contributed by atoms with Crippen LogP contribution in [0.25, 0.3) is 0 Å². The van der Waals surface area contributed by atoms with E-state index in [0.29, 0.717) is 0 Å². The summed E-state index contributed by atoms with van der Waals surface area (Å²) < 4.78 is 0. The lowest BCUT2D eigenvalue weighted by Crippen LogP contribution is -2.35. The van der Waals surface area contributed by atoms with Gasteiger partial charge in [-0.1, -0.05) is 6.92 Å². The number of hydrogen-bond acceptors (Lipinski definition) is 4. The Morgan fingerprint density at radius 2 is 1.94 bits per heavy atom. The monoisotopic (exact) mass is 248 g/mol. The van der Waals surface area contributed by atoms with Gasteiger partial charge < -0.3 is 10.2 Å². The van der Waals surface area contributed by atoms with Crippen LogP contribution in [0.15, 0.2) is 12.4 Å². The lowest BCUT2D eigenvalue weighted by Gasteiger charge is -2.32. The first-order valence-electron chi connectivity index (χ1n) is 7.04. The van der Waals surface area contributed by atoms with Gasteiger partial charge in [0.15, 0.2) is 0 Å². The van der Waals surface area contributed by atoms with Gasteiger partial charge in [0.05, 0.1) is 0 Å². The Kier molecular flexibility index (Phi) is 4.93. The van der Waals surface area contributed by atoms with Crippen LogP contribution in [0, 0.1) is 5.92 Å². The van der Waals surface area contributed by atoms with Gasteiger partial charge in [0, 0.05) is 25.5 Å². The van der Waals surface area contributed by atoms with Crippen molar-refractivity contribution in [3.63, 3.8) is 0 Å². The summed E-state index contributed by atoms with van der Waals surface area (Å²) in [7, 11) is 2.03. The van der Waals surface area contributed by atoms with Gasteiger partial charge in [-0.15, -0.1) is 0 Å². The predicted molar refractivity (Wildman–Crippen MR) is 74.9 cm³/mol. The van der Waals surface area contributed by atoms with Crippen LogP contribution in [0.5, 0.6) is 0 Å². The lowest BCUT2D eigenvalue weighted by atomic mass is 9.94. The second-order valence-electron chi connectivity index (χ2n) is 5.07. The number of hydrogen-bond donors (Lipinski definition) is 1. The first kappa shape index (κ1) is 13.3. The van der Waals surface area contributed by atoms with Crippen molar-refractivity contribution >= 4 is 5.95 Å². The van der Waals surface area contributed by atoms with Crippen molar-refractivity contribution in [2.24, 2.45) is 5.92 Å². The van der Waals surface area contributed by atoms with Gasteiger partial charge >= 0.3 is 0 Å². The molecule has 1 aliphatic heterocycles. The standard InChI is InChI=1S/C14H24N4/c1-3-12-10-16-14(17-11-12)18-8-5-13(6-9-18)4-7-15-2/h10-11,13,15H,3-9H2,1-2H3. The minimum absolute atomic E-state index is 0.864. The van der Waals surface area contributed by atoms with Crippen molar-refractivity contribution in [2.45, 2.75) is 32.6 Å². The van der Waals surface area contributed by atoms with E-state index in [9.17, 15) is 0 Å². The number of aromatic nitrogens is 2. The zero-order chi connectivity index (χ0) is 12.8. The van der Waals surface area contributed by atoms with E-state index in [2.05, 4.69) is 27.1 Å². The highest BCUT2D eigenvalue weighted by Gasteiger charge is 2.20. The molecular formula is C14H24N4. The van der Waals surface area contributed by atoms with Gasteiger partial charge in [0.25, 0.3) is 0 Å². The molecule has 0 bridgehead atoms. The fourth-order valence-electron chi connectivity index (χ4n) is 2.46. The third kappa shape index (κ3) is 3.42. The largest absolute Gasteiger partial charge is 0.341 e. The molecule has 0 aliphatic carbocycles. The molecule has 1 saturated heterocycles. The first-order chi connectivity index (χ1) is 8.83. The van der Waals surface area contributed by atoms with Crippen LogP contribution >= 0.6 is 0 Å². The molecular weight excluding hydrogens is 224 g/mol. The molecule has 0 spiro atoms. The number of nitrogens with zero attached hydrogens (tertiary/aromatic N) is 3. The Bertz CT molecular complexity index is 341. The van der Waals surface area contributed by atoms with E-state index in [0.717, 1.165) is 37.9 Å². The van der Waals surface area contributed by atoms with E-state index in [1.54, 1.807) is 0 Å². The molecule has 2 rings (SSSR count). The van der Waals surface area contributed by atoms with Crippen LogP contribution in [-0.4, -0.2) is 36.6 Å². The van der Waals surface area contributed by atoms with Crippen LogP contribution in [0.2, 0.25) is 0 Å². The summed E-state index contributed by atoms with van der Waals surface area (Å²) in [5, 5.41) is 3.23. The Morgan fingerprint density at radius 3 is 2.50 bits per heavy atom. The normalized spacial score (nSPS) is 17.1. The molecule has 0 radical (unpaired) electrons. The summed E-state index contributed by atoms with van der Waals surface area (Å²) in [6.07, 6.45) is 8.73. The summed E-state index contributed by atoms with van der Waals surface area (Å²) in [6, 6.07) is 0. The van der Waals surface area contributed by atoms with Crippen molar-refractivity contribution < 1.29 is 0 Å². The Balaban J connectivity index is 1.84. The minimum Gasteiger partial charge on any atom is -0.341 e. The molecule has 4 heteroatoms. The molecule has 1 aromatic heterocycles. The van der Waals surface area contributed by atoms with E-state index in [1.807, 2.05) is 19.4 Å². The smallest absolute Gasteiger partial charge is 0.225 e. The van der Waals surface area contributed by atoms with Crippen molar-refractivity contribution in [1.29, 1.82) is 0 Å². The van der Waals surface area contributed by atoms with Gasteiger partial charge in [-0.05, 0) is 50.8 Å². The van der Waals surface area contributed by atoms with Crippen molar-refractivity contribution in [3.05, 3.63) is 18.0 Å². The second-order valence-corrected chi connectivity index (χ2v) is 5.07. The van der Waals surface area contributed by atoms with Crippen molar-refractivity contribution in [1.82, 2.24) is 15.3 Å². The van der Waals surface area contributed by atoms with Gasteiger partial charge in [-0.3, -0.25) is 0 Å². The number of piperidine rings is 1. The van der Waals surface area contributed by atoms with E-state index in [1.165, 1.54) is 24.8 Å². The molecule has 0 unspecified atom stereocenters. The zero-order valence-electron chi connectivity index (χ0n) is 11.5. The van der Waals surface area contributed by atoms with E-state index in [-0.39, 0.29) is 0 Å². The minimum atomic E-state index is 0.864. The molecule has 1 fully saturated rings. The van der Waals surface area contributed by atoms with Crippen molar-refractivity contribution in [2.75, 3.05) is 31.6 Å². The molecule has 0 aromatic carbocycles. The fraction of sp³-hybridized carbons (Fsp3) is 0.714. The van der Waals surface area contributed by atoms with E-state index >= 15 is 0 Å². The fourth-order valence-corrected chi connectivity index (χ4v) is 2.46. The Labute approximate surface area is 110 Å². The predicted octanol–water partition coefficient (Wildman–Crippen LogP) is 1.86. The highest BCUT2D eigenvalue weighted by molar-refractivity contribution is 5.30. The molecule has 1 aromatic rings. The van der Waals surface area contributed by atoms with Gasteiger partial charge in [-0.2, -0.15) is 0 Å². The number of aryl methyl sites for hydroxylation is 1. The van der Waals surface area contributed by atoms with Crippen LogP contribution in [0.1, 0.15) is 31.7 Å². The highest BCUT2D eigenvalue weighted by atomic mass is 15.2. The quantitative estimate of drug-likeness (QED) is 0.863. The molecule has 0 amide bonds. The molecule has 18 heavy (non-hydrogen) atoms. The summed E-state index contributed by atoms with van der Waals surface area (Å²) in [5.74, 6) is 1.77. The molecule has 1 aliphatic rings. The average Bonchev–Trinajstić information content (AvgIpc) is 2.46. The SMILES string of the molecule is CCc1cnc(N2CCC(CCNC)CC2)nc1. The molecule has 2 heterocycles.